The van der Waals surface area contributed by atoms with Gasteiger partial charge in [-0.05, 0) is 50.5 Å². The van der Waals surface area contributed by atoms with Gasteiger partial charge < -0.3 is 37.8 Å². The van der Waals surface area contributed by atoms with Crippen molar-refractivity contribution in [2.24, 2.45) is 29.2 Å². The molecule has 0 radical (unpaired) electrons. The highest BCUT2D eigenvalue weighted by atomic mass is 16.4. The Bertz CT molecular complexity index is 775. The van der Waals surface area contributed by atoms with Crippen LogP contribution in [0.1, 0.15) is 74.1 Å². The number of carboxylic acids is 1. The second-order valence-electron chi connectivity index (χ2n) is 10.3. The first kappa shape index (κ1) is 34.3. The standard InChI is InChI=1S/C25H48N6O6/c1-8-15(6)18(27)23(34)29-17(11-9-10-12-26)22(33)30-19(13(2)3)24(35)28-16(7)21(32)31-20(14(4)5)25(36)37/h13-20H,8-12,26-27H2,1-7H3,(H,28,35)(H,29,34)(H,30,33)(H,31,32)(H,36,37)/t15-,16-,17-,18-,19-,20-/m0/s1. The summed E-state index contributed by atoms with van der Waals surface area (Å²) in [5, 5.41) is 19.6. The Hall–Kier alpha value is -2.73. The molecule has 0 saturated heterocycles. The molecule has 214 valence electrons. The van der Waals surface area contributed by atoms with Gasteiger partial charge in [-0.15, -0.1) is 0 Å². The molecule has 0 saturated carbocycles. The highest BCUT2D eigenvalue weighted by Gasteiger charge is 2.32. The SMILES string of the molecule is CC[C@H](C)[C@H](N)C(=O)N[C@@H](CCCCN)C(=O)N[C@H](C(=O)N[C@@H](C)C(=O)N[C@H](C(=O)O)C(C)C)C(C)C. The second kappa shape index (κ2) is 16.9. The van der Waals surface area contributed by atoms with E-state index in [2.05, 4.69) is 21.3 Å². The van der Waals surface area contributed by atoms with Crippen molar-refractivity contribution in [1.29, 1.82) is 0 Å². The number of amides is 4. The van der Waals surface area contributed by atoms with Crippen LogP contribution >= 0.6 is 0 Å². The van der Waals surface area contributed by atoms with E-state index in [1.807, 2.05) is 13.8 Å². The summed E-state index contributed by atoms with van der Waals surface area (Å²) in [4.78, 5) is 62.6. The molecule has 0 aliphatic carbocycles. The molecule has 37 heavy (non-hydrogen) atoms. The summed E-state index contributed by atoms with van der Waals surface area (Å²) in [6.07, 6.45) is 2.26. The van der Waals surface area contributed by atoms with E-state index in [-0.39, 0.29) is 17.8 Å². The Labute approximate surface area is 220 Å². The van der Waals surface area contributed by atoms with E-state index in [1.165, 1.54) is 6.92 Å². The number of rotatable bonds is 17. The monoisotopic (exact) mass is 528 g/mol. The van der Waals surface area contributed by atoms with Gasteiger partial charge in [0.05, 0.1) is 6.04 Å². The fourth-order valence-electron chi connectivity index (χ4n) is 3.49. The van der Waals surface area contributed by atoms with Gasteiger partial charge in [-0.25, -0.2) is 4.79 Å². The Balaban J connectivity index is 5.45. The topological polar surface area (TPSA) is 206 Å². The van der Waals surface area contributed by atoms with Crippen LogP contribution in [0.25, 0.3) is 0 Å². The molecule has 0 rings (SSSR count). The number of nitrogens with one attached hydrogen (secondary N) is 4. The van der Waals surface area contributed by atoms with E-state index in [0.29, 0.717) is 32.2 Å². The Morgan fingerprint density at radius 2 is 1.27 bits per heavy atom. The zero-order chi connectivity index (χ0) is 28.9. The maximum Gasteiger partial charge on any atom is 0.326 e. The predicted molar refractivity (Wildman–Crippen MR) is 141 cm³/mol. The average Bonchev–Trinajstić information content (AvgIpc) is 2.82. The largest absolute Gasteiger partial charge is 0.480 e. The summed E-state index contributed by atoms with van der Waals surface area (Å²) in [5.74, 6) is -4.21. The van der Waals surface area contributed by atoms with Crippen LogP contribution in [0, 0.1) is 17.8 Å². The normalized spacial score (nSPS) is 16.2. The molecule has 0 aromatic carbocycles. The van der Waals surface area contributed by atoms with Crippen LogP contribution in [0.3, 0.4) is 0 Å². The Kier molecular flexibility index (Phi) is 15.7. The van der Waals surface area contributed by atoms with E-state index in [0.717, 1.165) is 0 Å². The van der Waals surface area contributed by atoms with E-state index >= 15 is 0 Å². The minimum absolute atomic E-state index is 0.0778. The third-order valence-electron chi connectivity index (χ3n) is 6.37. The number of unbranched alkanes of at least 4 members (excludes halogenated alkanes) is 1. The maximum atomic E-state index is 13.1. The van der Waals surface area contributed by atoms with Crippen molar-refractivity contribution in [2.45, 2.75) is 104 Å². The molecule has 9 N–H and O–H groups in total. The highest BCUT2D eigenvalue weighted by Crippen LogP contribution is 2.09. The first-order valence-corrected chi connectivity index (χ1v) is 13.1. The summed E-state index contributed by atoms with van der Waals surface area (Å²) >= 11 is 0. The second-order valence-corrected chi connectivity index (χ2v) is 10.3. The van der Waals surface area contributed by atoms with Gasteiger partial charge >= 0.3 is 5.97 Å². The number of aliphatic carboxylic acids is 1. The van der Waals surface area contributed by atoms with Crippen molar-refractivity contribution in [3.8, 4) is 0 Å². The predicted octanol–water partition coefficient (Wildman–Crippen LogP) is -0.155. The van der Waals surface area contributed by atoms with Crippen LogP contribution < -0.4 is 32.7 Å². The smallest absolute Gasteiger partial charge is 0.326 e. The van der Waals surface area contributed by atoms with Crippen molar-refractivity contribution in [3.05, 3.63) is 0 Å². The Morgan fingerprint density at radius 1 is 0.730 bits per heavy atom. The maximum absolute atomic E-state index is 13.1. The van der Waals surface area contributed by atoms with Crippen LogP contribution in [0.2, 0.25) is 0 Å². The van der Waals surface area contributed by atoms with Crippen LogP contribution in [-0.2, 0) is 24.0 Å². The number of carbonyl (C=O) groups is 5. The highest BCUT2D eigenvalue weighted by molar-refractivity contribution is 5.95. The first-order valence-electron chi connectivity index (χ1n) is 13.1. The number of nitrogens with two attached hydrogens (primary N) is 2. The zero-order valence-electron chi connectivity index (χ0n) is 23.3. The lowest BCUT2D eigenvalue weighted by Gasteiger charge is -2.28. The molecule has 0 aliphatic heterocycles. The van der Waals surface area contributed by atoms with Gasteiger partial charge in [0, 0.05) is 0 Å². The van der Waals surface area contributed by atoms with Crippen molar-refractivity contribution < 1.29 is 29.1 Å². The van der Waals surface area contributed by atoms with Crippen molar-refractivity contribution in [1.82, 2.24) is 21.3 Å². The van der Waals surface area contributed by atoms with E-state index in [1.54, 1.807) is 27.7 Å². The quantitative estimate of drug-likeness (QED) is 0.126. The van der Waals surface area contributed by atoms with Gasteiger partial charge in [-0.1, -0.05) is 48.0 Å². The van der Waals surface area contributed by atoms with Crippen LogP contribution in [0.4, 0.5) is 0 Å². The molecule has 4 amide bonds. The van der Waals surface area contributed by atoms with E-state index in [9.17, 15) is 29.1 Å². The molecule has 0 aliphatic rings. The third-order valence-corrected chi connectivity index (χ3v) is 6.37. The molecular weight excluding hydrogens is 480 g/mol. The van der Waals surface area contributed by atoms with Crippen molar-refractivity contribution in [3.63, 3.8) is 0 Å². The van der Waals surface area contributed by atoms with Gasteiger partial charge in [0.15, 0.2) is 0 Å². The molecule has 6 atom stereocenters. The van der Waals surface area contributed by atoms with E-state index < -0.39 is 59.8 Å². The minimum Gasteiger partial charge on any atom is -0.480 e. The van der Waals surface area contributed by atoms with Crippen LogP contribution in [0.5, 0.6) is 0 Å². The van der Waals surface area contributed by atoms with Gasteiger partial charge in [-0.2, -0.15) is 0 Å². The first-order chi connectivity index (χ1) is 17.2. The number of hydrogen-bond acceptors (Lipinski definition) is 7. The molecule has 0 bridgehead atoms. The summed E-state index contributed by atoms with van der Waals surface area (Å²) < 4.78 is 0. The summed E-state index contributed by atoms with van der Waals surface area (Å²) in [6, 6.07) is -4.84. The van der Waals surface area contributed by atoms with Crippen LogP contribution in [0.15, 0.2) is 0 Å². The molecule has 12 heteroatoms. The molecule has 0 aromatic heterocycles. The fraction of sp³-hybridized carbons (Fsp3) is 0.800. The molecule has 0 spiro atoms. The summed E-state index contributed by atoms with van der Waals surface area (Å²) in [5.41, 5.74) is 11.6. The van der Waals surface area contributed by atoms with Crippen molar-refractivity contribution >= 4 is 29.6 Å². The molecule has 0 aromatic rings. The van der Waals surface area contributed by atoms with Gasteiger partial charge in [0.25, 0.3) is 0 Å². The summed E-state index contributed by atoms with van der Waals surface area (Å²) in [6.45, 7) is 12.4. The minimum atomic E-state index is -1.18. The number of hydrogen-bond donors (Lipinski definition) is 7. The van der Waals surface area contributed by atoms with E-state index in [4.69, 9.17) is 11.5 Å². The number of carboxylic acid groups (broad SMARTS) is 1. The fourth-order valence-corrected chi connectivity index (χ4v) is 3.49. The van der Waals surface area contributed by atoms with Gasteiger partial charge in [0.1, 0.15) is 24.2 Å². The lowest BCUT2D eigenvalue weighted by atomic mass is 9.98. The Morgan fingerprint density at radius 3 is 1.73 bits per heavy atom. The third kappa shape index (κ3) is 11.9. The van der Waals surface area contributed by atoms with Gasteiger partial charge in [0.2, 0.25) is 23.6 Å². The van der Waals surface area contributed by atoms with Crippen molar-refractivity contribution in [2.75, 3.05) is 6.54 Å². The number of carbonyl (C=O) groups excluding carboxylic acids is 4. The average molecular weight is 529 g/mol. The lowest BCUT2D eigenvalue weighted by Crippen LogP contribution is -2.59. The lowest BCUT2D eigenvalue weighted by molar-refractivity contribution is -0.143. The van der Waals surface area contributed by atoms with Crippen LogP contribution in [-0.4, -0.2) is 71.5 Å². The molecule has 0 unspecified atom stereocenters. The molecular formula is C25H48N6O6. The van der Waals surface area contributed by atoms with Gasteiger partial charge in [-0.3, -0.25) is 19.2 Å². The zero-order valence-corrected chi connectivity index (χ0v) is 23.3. The molecule has 0 heterocycles. The summed E-state index contributed by atoms with van der Waals surface area (Å²) in [7, 11) is 0. The molecule has 12 nitrogen and oxygen atoms in total. The molecule has 0 fully saturated rings.